The molecule has 1 heterocycles. The molecule has 1 saturated heterocycles. The molecule has 0 aromatic heterocycles. The van der Waals surface area contributed by atoms with Crippen molar-refractivity contribution in [1.82, 2.24) is 10.2 Å². The smallest absolute Gasteiger partial charge is 0.237 e. The molecule has 1 aliphatic rings. The number of carbonyl (C=O) groups excluding carboxylic acids is 1. The van der Waals surface area contributed by atoms with Crippen molar-refractivity contribution in [1.29, 1.82) is 0 Å². The first-order valence-corrected chi connectivity index (χ1v) is 7.32. The van der Waals surface area contributed by atoms with Crippen LogP contribution < -0.4 is 11.1 Å². The van der Waals surface area contributed by atoms with Crippen LogP contribution in [-0.2, 0) is 9.53 Å². The Hall–Kier alpha value is -0.650. The number of amides is 1. The molecule has 19 heavy (non-hydrogen) atoms. The Morgan fingerprint density at radius 1 is 1.53 bits per heavy atom. The van der Waals surface area contributed by atoms with Gasteiger partial charge in [-0.25, -0.2) is 0 Å². The second kappa shape index (κ2) is 7.82. The van der Waals surface area contributed by atoms with Crippen LogP contribution in [0.2, 0.25) is 0 Å². The molecule has 1 amide bonds. The van der Waals surface area contributed by atoms with Crippen molar-refractivity contribution >= 4 is 5.91 Å². The fourth-order valence-electron chi connectivity index (χ4n) is 2.58. The van der Waals surface area contributed by atoms with Gasteiger partial charge >= 0.3 is 0 Å². The van der Waals surface area contributed by atoms with Gasteiger partial charge in [0.1, 0.15) is 0 Å². The number of nitrogens with two attached hydrogens (primary N) is 1. The van der Waals surface area contributed by atoms with E-state index in [1.54, 1.807) is 0 Å². The third kappa shape index (κ3) is 5.09. The third-order valence-electron chi connectivity index (χ3n) is 4.08. The summed E-state index contributed by atoms with van der Waals surface area (Å²) in [4.78, 5) is 13.8. The van der Waals surface area contributed by atoms with Gasteiger partial charge in [0.15, 0.2) is 0 Å². The quantitative estimate of drug-likeness (QED) is 0.607. The zero-order chi connectivity index (χ0) is 14.3. The Morgan fingerprint density at radius 2 is 2.26 bits per heavy atom. The van der Waals surface area contributed by atoms with E-state index in [9.17, 15) is 4.79 Å². The molecule has 0 saturated carbocycles. The van der Waals surface area contributed by atoms with Crippen molar-refractivity contribution in [3.63, 3.8) is 0 Å². The third-order valence-corrected chi connectivity index (χ3v) is 4.08. The van der Waals surface area contributed by atoms with Crippen LogP contribution in [0, 0.1) is 0 Å². The highest BCUT2D eigenvalue weighted by atomic mass is 16.5. The summed E-state index contributed by atoms with van der Waals surface area (Å²) in [6.45, 7) is 7.44. The molecule has 112 valence electrons. The largest absolute Gasteiger partial charge is 0.380 e. The van der Waals surface area contributed by atoms with Crippen LogP contribution in [0.4, 0.5) is 0 Å². The van der Waals surface area contributed by atoms with Crippen molar-refractivity contribution in [3.8, 4) is 0 Å². The van der Waals surface area contributed by atoms with E-state index in [2.05, 4.69) is 17.3 Å². The Morgan fingerprint density at radius 3 is 2.79 bits per heavy atom. The molecule has 0 aromatic carbocycles. The molecule has 1 aliphatic heterocycles. The van der Waals surface area contributed by atoms with Gasteiger partial charge in [0, 0.05) is 12.6 Å². The van der Waals surface area contributed by atoms with E-state index in [0.717, 1.165) is 52.0 Å². The van der Waals surface area contributed by atoms with Gasteiger partial charge in [0.25, 0.3) is 0 Å². The molecule has 0 spiro atoms. The SMILES string of the molecule is CCNC(C)(CCCCN(C)C1CCOC1)C(N)=O. The number of hydrogen-bond donors (Lipinski definition) is 2. The first-order valence-electron chi connectivity index (χ1n) is 7.32. The average Bonchev–Trinajstić information content (AvgIpc) is 2.88. The lowest BCUT2D eigenvalue weighted by molar-refractivity contribution is -0.124. The Labute approximate surface area is 116 Å². The minimum Gasteiger partial charge on any atom is -0.380 e. The summed E-state index contributed by atoms with van der Waals surface area (Å²) in [5, 5.41) is 3.19. The molecule has 0 radical (unpaired) electrons. The maximum Gasteiger partial charge on any atom is 0.237 e. The van der Waals surface area contributed by atoms with Gasteiger partial charge in [-0.3, -0.25) is 4.79 Å². The Balaban J connectivity index is 2.22. The first-order chi connectivity index (χ1) is 8.99. The van der Waals surface area contributed by atoms with Gasteiger partial charge in [-0.15, -0.1) is 0 Å². The molecule has 0 bridgehead atoms. The standard InChI is InChI=1S/C14H29N3O2/c1-4-16-14(2,13(15)18)8-5-6-9-17(3)12-7-10-19-11-12/h12,16H,4-11H2,1-3H3,(H2,15,18). The Kier molecular flexibility index (Phi) is 6.75. The zero-order valence-corrected chi connectivity index (χ0v) is 12.6. The predicted octanol–water partition coefficient (Wildman–Crippen LogP) is 0.731. The van der Waals surface area contributed by atoms with E-state index in [-0.39, 0.29) is 5.91 Å². The summed E-state index contributed by atoms with van der Waals surface area (Å²) in [6.07, 6.45) is 4.02. The highest BCUT2D eigenvalue weighted by Crippen LogP contribution is 2.15. The van der Waals surface area contributed by atoms with Gasteiger partial charge in [-0.2, -0.15) is 0 Å². The number of nitrogens with one attached hydrogen (secondary N) is 1. The van der Waals surface area contributed by atoms with E-state index >= 15 is 0 Å². The second-order valence-electron chi connectivity index (χ2n) is 5.68. The summed E-state index contributed by atoms with van der Waals surface area (Å²) < 4.78 is 5.39. The van der Waals surface area contributed by atoms with Crippen LogP contribution in [-0.4, -0.2) is 55.7 Å². The maximum atomic E-state index is 11.5. The summed E-state index contributed by atoms with van der Waals surface area (Å²) >= 11 is 0. The van der Waals surface area contributed by atoms with Gasteiger partial charge in [-0.05, 0) is 52.7 Å². The molecular formula is C14H29N3O2. The number of unbranched alkanes of at least 4 members (excludes halogenated alkanes) is 1. The number of nitrogens with zero attached hydrogens (tertiary/aromatic N) is 1. The van der Waals surface area contributed by atoms with Crippen LogP contribution in [0.15, 0.2) is 0 Å². The van der Waals surface area contributed by atoms with Crippen molar-refractivity contribution in [2.45, 2.75) is 51.1 Å². The van der Waals surface area contributed by atoms with Crippen LogP contribution in [0.5, 0.6) is 0 Å². The molecule has 0 aromatic rings. The van der Waals surface area contributed by atoms with Crippen LogP contribution >= 0.6 is 0 Å². The normalized spacial score (nSPS) is 22.6. The van der Waals surface area contributed by atoms with Gasteiger partial charge in [0.05, 0.1) is 12.1 Å². The van der Waals surface area contributed by atoms with E-state index in [0.29, 0.717) is 6.04 Å². The molecular weight excluding hydrogens is 242 g/mol. The molecule has 3 N–H and O–H groups in total. The van der Waals surface area contributed by atoms with E-state index in [1.807, 2.05) is 13.8 Å². The molecule has 0 aliphatic carbocycles. The lowest BCUT2D eigenvalue weighted by Gasteiger charge is -2.28. The maximum absolute atomic E-state index is 11.5. The molecule has 5 nitrogen and oxygen atoms in total. The lowest BCUT2D eigenvalue weighted by Crippen LogP contribution is -2.53. The van der Waals surface area contributed by atoms with Crippen LogP contribution in [0.3, 0.4) is 0 Å². The summed E-state index contributed by atoms with van der Waals surface area (Å²) in [6, 6.07) is 0.566. The number of carbonyl (C=O) groups is 1. The molecule has 2 unspecified atom stereocenters. The van der Waals surface area contributed by atoms with E-state index in [4.69, 9.17) is 10.5 Å². The van der Waals surface area contributed by atoms with Crippen LogP contribution in [0.1, 0.15) is 39.5 Å². The van der Waals surface area contributed by atoms with Crippen molar-refractivity contribution in [2.75, 3.05) is 33.4 Å². The second-order valence-corrected chi connectivity index (χ2v) is 5.68. The highest BCUT2D eigenvalue weighted by Gasteiger charge is 2.29. The summed E-state index contributed by atoms with van der Waals surface area (Å²) in [5.74, 6) is -0.258. The number of primary amides is 1. The van der Waals surface area contributed by atoms with Crippen molar-refractivity contribution < 1.29 is 9.53 Å². The van der Waals surface area contributed by atoms with Gasteiger partial charge < -0.3 is 20.7 Å². The summed E-state index contributed by atoms with van der Waals surface area (Å²) in [7, 11) is 2.15. The topological polar surface area (TPSA) is 67.6 Å². The zero-order valence-electron chi connectivity index (χ0n) is 12.6. The lowest BCUT2D eigenvalue weighted by atomic mass is 9.94. The van der Waals surface area contributed by atoms with E-state index < -0.39 is 5.54 Å². The fraction of sp³-hybridized carbons (Fsp3) is 0.929. The highest BCUT2D eigenvalue weighted by molar-refractivity contribution is 5.84. The predicted molar refractivity (Wildman–Crippen MR) is 77.0 cm³/mol. The van der Waals surface area contributed by atoms with Gasteiger partial charge in [-0.1, -0.05) is 6.92 Å². The monoisotopic (exact) mass is 271 g/mol. The fourth-order valence-corrected chi connectivity index (χ4v) is 2.58. The number of hydrogen-bond acceptors (Lipinski definition) is 4. The van der Waals surface area contributed by atoms with Crippen LogP contribution in [0.25, 0.3) is 0 Å². The molecule has 5 heteroatoms. The number of likely N-dealkylation sites (N-methyl/N-ethyl adjacent to an activating group) is 2. The number of rotatable bonds is 9. The summed E-state index contributed by atoms with van der Waals surface area (Å²) in [5.41, 5.74) is 4.90. The first kappa shape index (κ1) is 16.4. The minimum atomic E-state index is -0.566. The minimum absolute atomic E-state index is 0.258. The molecule has 2 atom stereocenters. The Bertz CT molecular complexity index is 280. The molecule has 1 rings (SSSR count). The molecule has 1 fully saturated rings. The van der Waals surface area contributed by atoms with Crippen molar-refractivity contribution in [3.05, 3.63) is 0 Å². The van der Waals surface area contributed by atoms with Crippen molar-refractivity contribution in [2.24, 2.45) is 5.73 Å². The van der Waals surface area contributed by atoms with Gasteiger partial charge in [0.2, 0.25) is 5.91 Å². The van der Waals surface area contributed by atoms with E-state index in [1.165, 1.54) is 0 Å². The number of ether oxygens (including phenoxy) is 1. The average molecular weight is 271 g/mol.